The second kappa shape index (κ2) is 6.72. The zero-order valence-corrected chi connectivity index (χ0v) is 11.4. The van der Waals surface area contributed by atoms with E-state index in [-0.39, 0.29) is 12.5 Å². The number of rotatable bonds is 5. The van der Waals surface area contributed by atoms with Crippen molar-refractivity contribution in [2.45, 2.75) is 39.7 Å². The Balaban J connectivity index is 2.61. The van der Waals surface area contributed by atoms with E-state index in [1.807, 2.05) is 13.8 Å². The first kappa shape index (κ1) is 14.9. The second-order valence-corrected chi connectivity index (χ2v) is 4.39. The Morgan fingerprint density at radius 1 is 1.37 bits per heavy atom. The first-order valence-electron chi connectivity index (χ1n) is 6.16. The number of aromatic nitrogens is 1. The molecule has 104 valence electrons. The number of carboxylic acids is 1. The molecule has 2 amide bonds. The van der Waals surface area contributed by atoms with Gasteiger partial charge in [-0.3, -0.25) is 9.78 Å². The summed E-state index contributed by atoms with van der Waals surface area (Å²) < 4.78 is 0. The minimum Gasteiger partial charge on any atom is -0.481 e. The summed E-state index contributed by atoms with van der Waals surface area (Å²) >= 11 is 0. The Morgan fingerprint density at radius 2 is 2.05 bits per heavy atom. The van der Waals surface area contributed by atoms with Gasteiger partial charge in [-0.2, -0.15) is 0 Å². The van der Waals surface area contributed by atoms with Crippen LogP contribution >= 0.6 is 0 Å². The van der Waals surface area contributed by atoms with E-state index in [4.69, 9.17) is 5.11 Å². The maximum atomic E-state index is 11.8. The molecule has 0 saturated carbocycles. The highest BCUT2D eigenvalue weighted by Gasteiger charge is 2.14. The molecule has 1 aromatic heterocycles. The van der Waals surface area contributed by atoms with E-state index in [1.165, 1.54) is 0 Å². The number of nitrogens with one attached hydrogen (secondary N) is 2. The molecule has 0 aliphatic carbocycles. The summed E-state index contributed by atoms with van der Waals surface area (Å²) in [6.45, 7) is 5.50. The normalized spacial score (nSPS) is 11.7. The highest BCUT2D eigenvalue weighted by atomic mass is 16.4. The van der Waals surface area contributed by atoms with Crippen molar-refractivity contribution in [3.05, 3.63) is 23.5 Å². The smallest absolute Gasteiger partial charge is 0.319 e. The zero-order chi connectivity index (χ0) is 14.4. The number of urea groups is 1. The lowest BCUT2D eigenvalue weighted by Gasteiger charge is -2.16. The van der Waals surface area contributed by atoms with Crippen molar-refractivity contribution in [1.29, 1.82) is 0 Å². The van der Waals surface area contributed by atoms with Gasteiger partial charge in [-0.05, 0) is 32.4 Å². The lowest BCUT2D eigenvalue weighted by molar-refractivity contribution is -0.137. The van der Waals surface area contributed by atoms with Gasteiger partial charge in [0.2, 0.25) is 0 Å². The van der Waals surface area contributed by atoms with E-state index < -0.39 is 12.0 Å². The number of aryl methyl sites for hydroxylation is 2. The Hall–Kier alpha value is -2.11. The van der Waals surface area contributed by atoms with E-state index in [2.05, 4.69) is 15.6 Å². The molecule has 0 aliphatic rings. The van der Waals surface area contributed by atoms with Gasteiger partial charge in [0.05, 0.1) is 17.8 Å². The van der Waals surface area contributed by atoms with Gasteiger partial charge >= 0.3 is 12.0 Å². The minimum absolute atomic E-state index is 0.0882. The average Bonchev–Trinajstić information content (AvgIpc) is 2.31. The second-order valence-electron chi connectivity index (χ2n) is 4.39. The van der Waals surface area contributed by atoms with Crippen LogP contribution in [-0.2, 0) is 4.79 Å². The standard InChI is InChI=1S/C13H19N3O3/c1-4-10(7-12(17)18)15-13(19)16-11-6-5-8(2)14-9(11)3/h5-6,10H,4,7H2,1-3H3,(H,17,18)(H2,15,16,19). The van der Waals surface area contributed by atoms with E-state index in [9.17, 15) is 9.59 Å². The number of carbonyl (C=O) groups is 2. The number of hydrogen-bond acceptors (Lipinski definition) is 3. The van der Waals surface area contributed by atoms with Crippen LogP contribution < -0.4 is 10.6 Å². The van der Waals surface area contributed by atoms with Gasteiger partial charge in [0.15, 0.2) is 0 Å². The van der Waals surface area contributed by atoms with E-state index in [1.54, 1.807) is 19.1 Å². The predicted octanol–water partition coefficient (Wildman–Crippen LogP) is 2.07. The molecule has 19 heavy (non-hydrogen) atoms. The largest absolute Gasteiger partial charge is 0.481 e. The molecule has 6 nitrogen and oxygen atoms in total. The molecular formula is C13H19N3O3. The number of pyridine rings is 1. The van der Waals surface area contributed by atoms with Gasteiger partial charge in [0, 0.05) is 11.7 Å². The summed E-state index contributed by atoms with van der Waals surface area (Å²) in [5, 5.41) is 14.0. The van der Waals surface area contributed by atoms with Gasteiger partial charge in [-0.25, -0.2) is 4.79 Å². The number of amides is 2. The van der Waals surface area contributed by atoms with E-state index in [0.717, 1.165) is 11.4 Å². The van der Waals surface area contributed by atoms with Crippen molar-refractivity contribution in [2.75, 3.05) is 5.32 Å². The highest BCUT2D eigenvalue weighted by Crippen LogP contribution is 2.12. The Bertz CT molecular complexity index is 474. The number of carbonyl (C=O) groups excluding carboxylic acids is 1. The number of nitrogens with zero attached hydrogens (tertiary/aromatic N) is 1. The molecule has 1 atom stereocenters. The molecule has 0 bridgehead atoms. The van der Waals surface area contributed by atoms with Crippen LogP contribution in [-0.4, -0.2) is 28.1 Å². The van der Waals surface area contributed by atoms with Crippen LogP contribution in [0.4, 0.5) is 10.5 Å². The summed E-state index contributed by atoms with van der Waals surface area (Å²) in [6, 6.07) is 2.78. The van der Waals surface area contributed by atoms with Crippen molar-refractivity contribution in [3.63, 3.8) is 0 Å². The third-order valence-electron chi connectivity index (χ3n) is 2.72. The first-order valence-corrected chi connectivity index (χ1v) is 6.16. The fourth-order valence-electron chi connectivity index (χ4n) is 1.67. The summed E-state index contributed by atoms with van der Waals surface area (Å²) in [6.07, 6.45) is 0.472. The molecule has 0 radical (unpaired) electrons. The maximum absolute atomic E-state index is 11.8. The molecule has 0 fully saturated rings. The van der Waals surface area contributed by atoms with Crippen LogP contribution in [0.5, 0.6) is 0 Å². The van der Waals surface area contributed by atoms with Crippen molar-refractivity contribution >= 4 is 17.7 Å². The molecule has 1 aromatic rings. The third-order valence-corrected chi connectivity index (χ3v) is 2.72. The number of aliphatic carboxylic acids is 1. The Kier molecular flexibility index (Phi) is 5.29. The molecule has 0 saturated heterocycles. The zero-order valence-electron chi connectivity index (χ0n) is 11.4. The average molecular weight is 265 g/mol. The first-order chi connectivity index (χ1) is 8.92. The molecule has 1 unspecified atom stereocenters. The molecule has 3 N–H and O–H groups in total. The van der Waals surface area contributed by atoms with Crippen LogP contribution in [0.25, 0.3) is 0 Å². The van der Waals surface area contributed by atoms with Crippen LogP contribution in [0.1, 0.15) is 31.2 Å². The molecule has 6 heteroatoms. The molecule has 0 spiro atoms. The summed E-state index contributed by atoms with van der Waals surface area (Å²) in [7, 11) is 0. The van der Waals surface area contributed by atoms with E-state index >= 15 is 0 Å². The Morgan fingerprint density at radius 3 is 2.58 bits per heavy atom. The third kappa shape index (κ3) is 4.95. The summed E-state index contributed by atoms with van der Waals surface area (Å²) in [4.78, 5) is 26.6. The van der Waals surface area contributed by atoms with Crippen molar-refractivity contribution in [1.82, 2.24) is 10.3 Å². The lowest BCUT2D eigenvalue weighted by Crippen LogP contribution is -2.39. The van der Waals surface area contributed by atoms with Crippen molar-refractivity contribution in [3.8, 4) is 0 Å². The topological polar surface area (TPSA) is 91.3 Å². The molecule has 1 heterocycles. The van der Waals surface area contributed by atoms with Gasteiger partial charge in [-0.1, -0.05) is 6.92 Å². The maximum Gasteiger partial charge on any atom is 0.319 e. The van der Waals surface area contributed by atoms with Crippen LogP contribution in [0, 0.1) is 13.8 Å². The van der Waals surface area contributed by atoms with Crippen LogP contribution in [0.3, 0.4) is 0 Å². The number of hydrogen-bond donors (Lipinski definition) is 3. The number of anilines is 1. The van der Waals surface area contributed by atoms with Crippen molar-refractivity contribution in [2.24, 2.45) is 0 Å². The quantitative estimate of drug-likeness (QED) is 0.760. The molecule has 0 aliphatic heterocycles. The van der Waals surface area contributed by atoms with Crippen LogP contribution in [0.15, 0.2) is 12.1 Å². The highest BCUT2D eigenvalue weighted by molar-refractivity contribution is 5.90. The molecular weight excluding hydrogens is 246 g/mol. The monoisotopic (exact) mass is 265 g/mol. The van der Waals surface area contributed by atoms with Crippen LogP contribution in [0.2, 0.25) is 0 Å². The van der Waals surface area contributed by atoms with Gasteiger partial charge < -0.3 is 15.7 Å². The lowest BCUT2D eigenvalue weighted by atomic mass is 10.1. The van der Waals surface area contributed by atoms with Gasteiger partial charge in [-0.15, -0.1) is 0 Å². The van der Waals surface area contributed by atoms with Gasteiger partial charge in [0.25, 0.3) is 0 Å². The summed E-state index contributed by atoms with van der Waals surface area (Å²) in [5.41, 5.74) is 2.22. The summed E-state index contributed by atoms with van der Waals surface area (Å²) in [5.74, 6) is -0.930. The SMILES string of the molecule is CCC(CC(=O)O)NC(=O)Nc1ccc(C)nc1C. The number of carboxylic acid groups (broad SMARTS) is 1. The Labute approximate surface area is 112 Å². The fourth-order valence-corrected chi connectivity index (χ4v) is 1.67. The molecule has 0 aromatic carbocycles. The van der Waals surface area contributed by atoms with Crippen molar-refractivity contribution < 1.29 is 14.7 Å². The van der Waals surface area contributed by atoms with E-state index in [0.29, 0.717) is 12.1 Å². The van der Waals surface area contributed by atoms with Gasteiger partial charge in [0.1, 0.15) is 0 Å². The fraction of sp³-hybridized carbons (Fsp3) is 0.462. The minimum atomic E-state index is -0.930. The molecule has 1 rings (SSSR count). The predicted molar refractivity (Wildman–Crippen MR) is 72.2 cm³/mol.